The number of nitrogens with one attached hydrogen (secondary N) is 1. The quantitative estimate of drug-likeness (QED) is 0.236. The number of aromatic amines is 1. The lowest BCUT2D eigenvalue weighted by Crippen LogP contribution is -2.07. The molecule has 1 N–H and O–H groups in total. The van der Waals surface area contributed by atoms with Crippen molar-refractivity contribution in [1.82, 2.24) is 40.0 Å². The van der Waals surface area contributed by atoms with E-state index < -0.39 is 0 Å². The van der Waals surface area contributed by atoms with Gasteiger partial charge in [0.1, 0.15) is 5.82 Å². The molecule has 0 bridgehead atoms. The van der Waals surface area contributed by atoms with Crippen molar-refractivity contribution in [2.45, 2.75) is 91.5 Å². The van der Waals surface area contributed by atoms with Crippen LogP contribution >= 0.6 is 0 Å². The van der Waals surface area contributed by atoms with Gasteiger partial charge in [-0.3, -0.25) is 0 Å². The highest BCUT2D eigenvalue weighted by molar-refractivity contribution is 5.60. The van der Waals surface area contributed by atoms with E-state index in [4.69, 9.17) is 10.1 Å². The number of benzene rings is 1. The van der Waals surface area contributed by atoms with Gasteiger partial charge < -0.3 is 4.57 Å². The number of hydrogen-bond acceptors (Lipinski definition) is 5. The average Bonchev–Trinajstić information content (AvgIpc) is 3.62. The minimum atomic E-state index is 0.702. The molecule has 0 spiro atoms. The van der Waals surface area contributed by atoms with Gasteiger partial charge in [0.2, 0.25) is 0 Å². The first-order valence-corrected chi connectivity index (χ1v) is 13.2. The predicted octanol–water partition coefficient (Wildman–Crippen LogP) is 5.72. The highest BCUT2D eigenvalue weighted by atomic mass is 15.5. The number of nitrogens with zero attached hydrogens (tertiary/aromatic N) is 7. The minimum Gasteiger partial charge on any atom is -0.314 e. The maximum atomic E-state index is 4.85. The van der Waals surface area contributed by atoms with Crippen LogP contribution in [0, 0.1) is 0 Å². The predicted molar refractivity (Wildman–Crippen MR) is 139 cm³/mol. The molecular weight excluding hydrogens is 436 g/mol. The Morgan fingerprint density at radius 2 is 1.60 bits per heavy atom. The SMILES string of the molecule is CCCCCc1ccn(-c2ccc(Cn3nc(CCCC)nc3CCCC)cc2)c1-c1nnn[nH]1. The first kappa shape index (κ1) is 24.8. The van der Waals surface area contributed by atoms with Crippen molar-refractivity contribution < 1.29 is 0 Å². The largest absolute Gasteiger partial charge is 0.314 e. The first-order chi connectivity index (χ1) is 17.2. The Labute approximate surface area is 208 Å². The van der Waals surface area contributed by atoms with Gasteiger partial charge in [-0.2, -0.15) is 5.10 Å². The van der Waals surface area contributed by atoms with Crippen LogP contribution in [0.1, 0.15) is 88.5 Å². The summed E-state index contributed by atoms with van der Waals surface area (Å²) in [6.45, 7) is 7.40. The maximum Gasteiger partial charge on any atom is 0.196 e. The van der Waals surface area contributed by atoms with Crippen LogP contribution < -0.4 is 0 Å². The van der Waals surface area contributed by atoms with E-state index in [1.807, 2.05) is 0 Å². The molecule has 1 aromatic carbocycles. The molecule has 3 heterocycles. The highest BCUT2D eigenvalue weighted by Crippen LogP contribution is 2.27. The Balaban J connectivity index is 1.55. The van der Waals surface area contributed by atoms with Crippen LogP contribution in [-0.2, 0) is 25.8 Å². The second kappa shape index (κ2) is 12.4. The fourth-order valence-electron chi connectivity index (χ4n) is 4.43. The van der Waals surface area contributed by atoms with Gasteiger partial charge in [0.15, 0.2) is 11.6 Å². The smallest absolute Gasteiger partial charge is 0.196 e. The second-order valence-electron chi connectivity index (χ2n) is 9.24. The van der Waals surface area contributed by atoms with Crippen molar-refractivity contribution in [3.8, 4) is 17.2 Å². The summed E-state index contributed by atoms with van der Waals surface area (Å²) in [4.78, 5) is 4.85. The van der Waals surface area contributed by atoms with E-state index in [1.54, 1.807) is 0 Å². The van der Waals surface area contributed by atoms with Gasteiger partial charge in [-0.1, -0.05) is 58.6 Å². The number of H-pyrrole nitrogens is 1. The molecule has 4 aromatic rings. The van der Waals surface area contributed by atoms with Gasteiger partial charge >= 0.3 is 0 Å². The van der Waals surface area contributed by atoms with E-state index in [1.165, 1.54) is 24.0 Å². The van der Waals surface area contributed by atoms with Crippen molar-refractivity contribution in [1.29, 1.82) is 0 Å². The van der Waals surface area contributed by atoms with Crippen molar-refractivity contribution in [3.63, 3.8) is 0 Å². The average molecular weight is 475 g/mol. The Kier molecular flexibility index (Phi) is 8.81. The first-order valence-electron chi connectivity index (χ1n) is 13.2. The molecule has 0 aliphatic rings. The van der Waals surface area contributed by atoms with Crippen molar-refractivity contribution >= 4 is 0 Å². The van der Waals surface area contributed by atoms with Crippen molar-refractivity contribution in [3.05, 3.63) is 59.3 Å². The van der Waals surface area contributed by atoms with E-state index in [0.29, 0.717) is 5.82 Å². The van der Waals surface area contributed by atoms with E-state index in [2.05, 4.69) is 87.2 Å². The topological polar surface area (TPSA) is 90.1 Å². The summed E-state index contributed by atoms with van der Waals surface area (Å²) in [6, 6.07) is 10.9. The molecule has 8 nitrogen and oxygen atoms in total. The summed E-state index contributed by atoms with van der Waals surface area (Å²) in [5.41, 5.74) is 4.62. The molecule has 0 aliphatic heterocycles. The number of rotatable bonds is 14. The molecule has 0 fully saturated rings. The van der Waals surface area contributed by atoms with Crippen molar-refractivity contribution in [2.24, 2.45) is 0 Å². The normalized spacial score (nSPS) is 11.4. The number of aryl methyl sites for hydroxylation is 3. The van der Waals surface area contributed by atoms with E-state index in [0.717, 1.165) is 80.9 Å². The van der Waals surface area contributed by atoms with E-state index >= 15 is 0 Å². The van der Waals surface area contributed by atoms with Gasteiger partial charge in [-0.15, -0.1) is 5.10 Å². The lowest BCUT2D eigenvalue weighted by molar-refractivity contribution is 0.612. The number of hydrogen-bond donors (Lipinski definition) is 1. The Bertz CT molecular complexity index is 1150. The third-order valence-corrected chi connectivity index (χ3v) is 6.44. The van der Waals surface area contributed by atoms with E-state index in [-0.39, 0.29) is 0 Å². The van der Waals surface area contributed by atoms with Crippen LogP contribution in [0.5, 0.6) is 0 Å². The van der Waals surface area contributed by atoms with Crippen LogP contribution in [0.2, 0.25) is 0 Å². The maximum absolute atomic E-state index is 4.85. The van der Waals surface area contributed by atoms with Gasteiger partial charge in [-0.05, 0) is 65.4 Å². The minimum absolute atomic E-state index is 0.702. The molecule has 0 amide bonds. The van der Waals surface area contributed by atoms with Gasteiger partial charge in [0.05, 0.1) is 12.2 Å². The summed E-state index contributed by atoms with van der Waals surface area (Å²) >= 11 is 0. The molecule has 35 heavy (non-hydrogen) atoms. The summed E-state index contributed by atoms with van der Waals surface area (Å²) in [5, 5.41) is 19.6. The Morgan fingerprint density at radius 1 is 0.829 bits per heavy atom. The molecule has 186 valence electrons. The lowest BCUT2D eigenvalue weighted by Gasteiger charge is -2.11. The molecule has 4 rings (SSSR count). The summed E-state index contributed by atoms with van der Waals surface area (Å²) in [5.74, 6) is 2.78. The monoisotopic (exact) mass is 474 g/mol. The molecule has 0 unspecified atom stereocenters. The summed E-state index contributed by atoms with van der Waals surface area (Å²) < 4.78 is 4.28. The fourth-order valence-corrected chi connectivity index (χ4v) is 4.43. The Hall–Kier alpha value is -3.29. The molecule has 0 saturated carbocycles. The van der Waals surface area contributed by atoms with Crippen LogP contribution in [-0.4, -0.2) is 40.0 Å². The van der Waals surface area contributed by atoms with Gasteiger partial charge in [0.25, 0.3) is 0 Å². The zero-order chi connectivity index (χ0) is 24.5. The summed E-state index contributed by atoms with van der Waals surface area (Å²) in [6.07, 6.45) is 13.2. The lowest BCUT2D eigenvalue weighted by atomic mass is 10.1. The molecule has 3 aromatic heterocycles. The Morgan fingerprint density at radius 3 is 2.31 bits per heavy atom. The zero-order valence-electron chi connectivity index (χ0n) is 21.4. The van der Waals surface area contributed by atoms with Crippen LogP contribution in [0.25, 0.3) is 17.2 Å². The second-order valence-corrected chi connectivity index (χ2v) is 9.24. The molecule has 0 radical (unpaired) electrons. The molecule has 8 heteroatoms. The van der Waals surface area contributed by atoms with Gasteiger partial charge in [-0.25, -0.2) is 14.8 Å². The third-order valence-electron chi connectivity index (χ3n) is 6.44. The zero-order valence-corrected chi connectivity index (χ0v) is 21.4. The van der Waals surface area contributed by atoms with Gasteiger partial charge in [0, 0.05) is 24.7 Å². The van der Waals surface area contributed by atoms with Crippen LogP contribution in [0.15, 0.2) is 36.5 Å². The molecule has 0 aliphatic carbocycles. The van der Waals surface area contributed by atoms with Crippen LogP contribution in [0.4, 0.5) is 0 Å². The number of tetrazole rings is 1. The van der Waals surface area contributed by atoms with Crippen LogP contribution in [0.3, 0.4) is 0 Å². The van der Waals surface area contributed by atoms with Crippen molar-refractivity contribution in [2.75, 3.05) is 0 Å². The highest BCUT2D eigenvalue weighted by Gasteiger charge is 2.16. The summed E-state index contributed by atoms with van der Waals surface area (Å²) in [7, 11) is 0. The number of aromatic nitrogens is 8. The standard InChI is InChI=1S/C27H38N8/c1-4-7-10-11-22-18-19-34(26(22)27-29-32-33-30-27)23-16-14-21(15-17-23)20-35-25(13-9-6-3)28-24(31-35)12-8-5-2/h14-19H,4-13,20H2,1-3H3,(H,29,30,32,33). The third kappa shape index (κ3) is 6.24. The fraction of sp³-hybridized carbons (Fsp3) is 0.519. The molecule has 0 saturated heterocycles. The molecular formula is C27H38N8. The van der Waals surface area contributed by atoms with E-state index in [9.17, 15) is 0 Å². The number of unbranched alkanes of at least 4 members (excludes halogenated alkanes) is 4. The molecule has 0 atom stereocenters.